The van der Waals surface area contributed by atoms with Gasteiger partial charge in [-0.3, -0.25) is 0 Å². The highest BCUT2D eigenvalue weighted by Crippen LogP contribution is 2.24. The second-order valence-electron chi connectivity index (χ2n) is 4.89. The van der Waals surface area contributed by atoms with Gasteiger partial charge in [0.05, 0.1) is 0 Å². The average molecular weight is 220 g/mol. The van der Waals surface area contributed by atoms with Crippen LogP contribution < -0.4 is 0 Å². The van der Waals surface area contributed by atoms with Crippen LogP contribution in [0.2, 0.25) is 0 Å². The first kappa shape index (κ1) is 13.2. The van der Waals surface area contributed by atoms with Crippen molar-refractivity contribution in [1.82, 2.24) is 0 Å². The highest BCUT2D eigenvalue weighted by Gasteiger charge is 2.08. The van der Waals surface area contributed by atoms with Crippen LogP contribution in [0.5, 0.6) is 0 Å². The molecule has 1 heteroatoms. The van der Waals surface area contributed by atoms with E-state index in [1.807, 2.05) is 0 Å². The molecular formula is C15H24O. The number of hydrogen-bond donors (Lipinski definition) is 0. The van der Waals surface area contributed by atoms with Crippen molar-refractivity contribution in [3.05, 3.63) is 34.4 Å². The van der Waals surface area contributed by atoms with Crippen LogP contribution in [-0.4, -0.2) is 13.7 Å². The van der Waals surface area contributed by atoms with Crippen molar-refractivity contribution in [3.8, 4) is 0 Å². The van der Waals surface area contributed by atoms with Gasteiger partial charge >= 0.3 is 0 Å². The fraction of sp³-hybridized carbons (Fsp3) is 0.600. The quantitative estimate of drug-likeness (QED) is 0.681. The fourth-order valence-electron chi connectivity index (χ4n) is 2.06. The van der Waals surface area contributed by atoms with Crippen molar-refractivity contribution in [1.29, 1.82) is 0 Å². The van der Waals surface area contributed by atoms with E-state index in [9.17, 15) is 0 Å². The number of methoxy groups -OCH3 is 1. The Morgan fingerprint density at radius 3 is 2.31 bits per heavy atom. The lowest BCUT2D eigenvalue weighted by Gasteiger charge is -2.15. The van der Waals surface area contributed by atoms with Crippen molar-refractivity contribution in [2.75, 3.05) is 13.7 Å². The Balaban J connectivity index is 2.91. The van der Waals surface area contributed by atoms with Crippen LogP contribution in [0, 0.1) is 13.8 Å². The molecule has 0 aromatic heterocycles. The van der Waals surface area contributed by atoms with Gasteiger partial charge in [-0.05, 0) is 54.9 Å². The summed E-state index contributed by atoms with van der Waals surface area (Å²) >= 11 is 0. The van der Waals surface area contributed by atoms with Gasteiger partial charge in [0.2, 0.25) is 0 Å². The van der Waals surface area contributed by atoms with Gasteiger partial charge in [-0.2, -0.15) is 0 Å². The van der Waals surface area contributed by atoms with E-state index < -0.39 is 0 Å². The average Bonchev–Trinajstić information content (AvgIpc) is 2.23. The Labute approximate surface area is 99.8 Å². The maximum Gasteiger partial charge on any atom is 0.0465 e. The topological polar surface area (TPSA) is 9.23 Å². The molecule has 0 aliphatic rings. The summed E-state index contributed by atoms with van der Waals surface area (Å²) in [6.45, 7) is 9.78. The van der Waals surface area contributed by atoms with Crippen molar-refractivity contribution < 1.29 is 4.74 Å². The minimum absolute atomic E-state index is 0.608. The summed E-state index contributed by atoms with van der Waals surface area (Å²) in [6.07, 6.45) is 2.24. The summed E-state index contributed by atoms with van der Waals surface area (Å²) < 4.78 is 5.12. The largest absolute Gasteiger partial charge is 0.385 e. The second kappa shape index (κ2) is 6.05. The van der Waals surface area contributed by atoms with Crippen LogP contribution in [0.4, 0.5) is 0 Å². The molecule has 0 atom stereocenters. The summed E-state index contributed by atoms with van der Waals surface area (Å²) in [5.41, 5.74) is 5.80. The Hall–Kier alpha value is -0.820. The zero-order chi connectivity index (χ0) is 12.1. The molecule has 0 saturated carbocycles. The summed E-state index contributed by atoms with van der Waals surface area (Å²) in [7, 11) is 1.77. The summed E-state index contributed by atoms with van der Waals surface area (Å²) in [5.74, 6) is 0.608. The van der Waals surface area contributed by atoms with Crippen molar-refractivity contribution in [2.45, 2.75) is 46.5 Å². The molecule has 90 valence electrons. The minimum Gasteiger partial charge on any atom is -0.385 e. The number of rotatable bonds is 5. The zero-order valence-electron chi connectivity index (χ0n) is 11.3. The normalized spacial score (nSPS) is 11.1. The molecule has 0 aliphatic carbocycles. The third-order valence-electron chi connectivity index (χ3n) is 3.17. The van der Waals surface area contributed by atoms with E-state index in [0.29, 0.717) is 5.92 Å². The molecule has 0 heterocycles. The van der Waals surface area contributed by atoms with Gasteiger partial charge in [0, 0.05) is 13.7 Å². The number of ether oxygens (including phenoxy) is 1. The summed E-state index contributed by atoms with van der Waals surface area (Å²) in [6, 6.07) is 4.70. The van der Waals surface area contributed by atoms with E-state index in [-0.39, 0.29) is 0 Å². The number of aryl methyl sites for hydroxylation is 3. The van der Waals surface area contributed by atoms with Crippen molar-refractivity contribution >= 4 is 0 Å². The summed E-state index contributed by atoms with van der Waals surface area (Å²) in [5, 5.41) is 0. The van der Waals surface area contributed by atoms with E-state index >= 15 is 0 Å². The lowest BCUT2D eigenvalue weighted by Crippen LogP contribution is -2.01. The molecule has 16 heavy (non-hydrogen) atoms. The monoisotopic (exact) mass is 220 g/mol. The first-order valence-corrected chi connectivity index (χ1v) is 6.15. The zero-order valence-corrected chi connectivity index (χ0v) is 11.3. The van der Waals surface area contributed by atoms with Crippen LogP contribution in [-0.2, 0) is 11.2 Å². The standard InChI is InChI=1S/C15H24O/c1-11(2)15-10-13(4)12(3)9-14(15)7-6-8-16-5/h9-11H,6-8H2,1-5H3. The Morgan fingerprint density at radius 1 is 1.12 bits per heavy atom. The Morgan fingerprint density at radius 2 is 1.75 bits per heavy atom. The predicted octanol–water partition coefficient (Wildman–Crippen LogP) is 4.01. The molecule has 0 unspecified atom stereocenters. The van der Waals surface area contributed by atoms with E-state index in [4.69, 9.17) is 4.74 Å². The van der Waals surface area contributed by atoms with Crippen LogP contribution in [0.3, 0.4) is 0 Å². The van der Waals surface area contributed by atoms with E-state index in [0.717, 1.165) is 19.4 Å². The van der Waals surface area contributed by atoms with Gasteiger partial charge in [-0.25, -0.2) is 0 Å². The van der Waals surface area contributed by atoms with Gasteiger partial charge in [-0.15, -0.1) is 0 Å². The lowest BCUT2D eigenvalue weighted by molar-refractivity contribution is 0.195. The van der Waals surface area contributed by atoms with Gasteiger partial charge in [0.15, 0.2) is 0 Å². The molecule has 0 spiro atoms. The maximum atomic E-state index is 5.12. The van der Waals surface area contributed by atoms with Crippen LogP contribution in [0.15, 0.2) is 12.1 Å². The van der Waals surface area contributed by atoms with E-state index in [1.54, 1.807) is 7.11 Å². The Bertz CT molecular complexity index is 340. The second-order valence-corrected chi connectivity index (χ2v) is 4.89. The lowest BCUT2D eigenvalue weighted by atomic mass is 9.90. The molecule has 1 aromatic rings. The highest BCUT2D eigenvalue weighted by molar-refractivity contribution is 5.38. The van der Waals surface area contributed by atoms with Crippen LogP contribution in [0.1, 0.15) is 48.4 Å². The third kappa shape index (κ3) is 3.34. The third-order valence-corrected chi connectivity index (χ3v) is 3.17. The van der Waals surface area contributed by atoms with Gasteiger partial charge < -0.3 is 4.74 Å². The SMILES string of the molecule is COCCCc1cc(C)c(C)cc1C(C)C. The summed E-state index contributed by atoms with van der Waals surface area (Å²) in [4.78, 5) is 0. The van der Waals surface area contributed by atoms with E-state index in [2.05, 4.69) is 39.8 Å². The fourth-order valence-corrected chi connectivity index (χ4v) is 2.06. The molecule has 1 aromatic carbocycles. The molecule has 0 bridgehead atoms. The van der Waals surface area contributed by atoms with Gasteiger partial charge in [0.1, 0.15) is 0 Å². The first-order valence-electron chi connectivity index (χ1n) is 6.15. The Kier molecular flexibility index (Phi) is 5.01. The van der Waals surface area contributed by atoms with E-state index in [1.165, 1.54) is 22.3 Å². The number of benzene rings is 1. The highest BCUT2D eigenvalue weighted by atomic mass is 16.5. The molecule has 0 saturated heterocycles. The molecule has 0 aliphatic heterocycles. The van der Waals surface area contributed by atoms with Gasteiger partial charge in [-0.1, -0.05) is 26.0 Å². The van der Waals surface area contributed by atoms with Crippen molar-refractivity contribution in [2.24, 2.45) is 0 Å². The molecular weight excluding hydrogens is 196 g/mol. The molecule has 0 amide bonds. The van der Waals surface area contributed by atoms with Gasteiger partial charge in [0.25, 0.3) is 0 Å². The smallest absolute Gasteiger partial charge is 0.0465 e. The molecule has 0 N–H and O–H groups in total. The molecule has 0 radical (unpaired) electrons. The van der Waals surface area contributed by atoms with Crippen molar-refractivity contribution in [3.63, 3.8) is 0 Å². The molecule has 0 fully saturated rings. The minimum atomic E-state index is 0.608. The molecule has 1 nitrogen and oxygen atoms in total. The first-order chi connectivity index (χ1) is 7.56. The van der Waals surface area contributed by atoms with Crippen LogP contribution >= 0.6 is 0 Å². The maximum absolute atomic E-state index is 5.12. The number of hydrogen-bond acceptors (Lipinski definition) is 1. The predicted molar refractivity (Wildman–Crippen MR) is 70.2 cm³/mol. The van der Waals surface area contributed by atoms with Crippen LogP contribution in [0.25, 0.3) is 0 Å². The molecule has 1 rings (SSSR count).